The highest BCUT2D eigenvalue weighted by Gasteiger charge is 2.37. The first-order valence-electron chi connectivity index (χ1n) is 8.82. The number of nitrogens with zero attached hydrogens (tertiary/aromatic N) is 2. The maximum absolute atomic E-state index is 12.0. The van der Waals surface area contributed by atoms with Crippen molar-refractivity contribution in [2.45, 2.75) is 25.4 Å². The second kappa shape index (κ2) is 6.83. The Morgan fingerprint density at radius 3 is 2.60 bits per heavy atom. The van der Waals surface area contributed by atoms with Crippen LogP contribution < -0.4 is 0 Å². The van der Waals surface area contributed by atoms with E-state index in [4.69, 9.17) is 0 Å². The van der Waals surface area contributed by atoms with Crippen LogP contribution in [-0.4, -0.2) is 49.6 Å². The van der Waals surface area contributed by atoms with E-state index in [0.717, 1.165) is 25.9 Å². The van der Waals surface area contributed by atoms with E-state index in [1.807, 2.05) is 17.4 Å². The highest BCUT2D eigenvalue weighted by Crippen LogP contribution is 2.33. The molecule has 5 rings (SSSR count). The second-order valence-corrected chi connectivity index (χ2v) is 10.4. The van der Waals surface area contributed by atoms with Crippen LogP contribution in [0, 0.1) is 5.92 Å². The van der Waals surface area contributed by atoms with E-state index < -0.39 is 10.0 Å². The molecule has 4 nitrogen and oxygen atoms in total. The fourth-order valence-electron chi connectivity index (χ4n) is 4.02. The average Bonchev–Trinajstić information content (AvgIpc) is 2.84. The zero-order valence-electron chi connectivity index (χ0n) is 14.5. The van der Waals surface area contributed by atoms with Crippen LogP contribution >= 0.6 is 11.3 Å². The molecule has 3 aliphatic rings. The molecule has 1 aromatic heterocycles. The van der Waals surface area contributed by atoms with Crippen molar-refractivity contribution >= 4 is 21.4 Å². The largest absolute Gasteiger partial charge is 0.294 e. The smallest absolute Gasteiger partial charge is 0.211 e. The normalized spacial score (nSPS) is 25.2. The monoisotopic (exact) mass is 376 g/mol. The lowest BCUT2D eigenvalue weighted by atomic mass is 9.95. The van der Waals surface area contributed by atoms with E-state index in [1.165, 1.54) is 21.6 Å². The summed E-state index contributed by atoms with van der Waals surface area (Å²) in [6.07, 6.45) is 3.59. The zero-order chi connectivity index (χ0) is 17.4. The van der Waals surface area contributed by atoms with Crippen molar-refractivity contribution in [3.8, 4) is 10.4 Å². The Bertz CT molecular complexity index is 832. The summed E-state index contributed by atoms with van der Waals surface area (Å²) in [7, 11) is -3.09. The van der Waals surface area contributed by atoms with Crippen LogP contribution in [0.2, 0.25) is 0 Å². The van der Waals surface area contributed by atoms with Crippen LogP contribution in [0.4, 0.5) is 0 Å². The minimum absolute atomic E-state index is 0.343. The Kier molecular flexibility index (Phi) is 4.71. The molecule has 3 fully saturated rings. The Hall–Kier alpha value is -1.21. The average molecular weight is 377 g/mol. The van der Waals surface area contributed by atoms with Crippen LogP contribution in [0.3, 0.4) is 0 Å². The van der Waals surface area contributed by atoms with Gasteiger partial charge in [-0.3, -0.25) is 4.90 Å². The SMILES string of the molecule is CS(=O)(=O)N1C[C@@H]2CC[C@H](C1)N(Cc1ccc(-c3ccccc3)s1)C2. The summed E-state index contributed by atoms with van der Waals surface area (Å²) in [6.45, 7) is 3.27. The molecule has 0 aliphatic carbocycles. The van der Waals surface area contributed by atoms with Crippen molar-refractivity contribution in [2.24, 2.45) is 5.92 Å². The maximum Gasteiger partial charge on any atom is 0.211 e. The fourth-order valence-corrected chi connectivity index (χ4v) is 5.98. The topological polar surface area (TPSA) is 40.6 Å². The molecular weight excluding hydrogens is 352 g/mol. The number of sulfonamides is 1. The van der Waals surface area contributed by atoms with E-state index in [-0.39, 0.29) is 0 Å². The van der Waals surface area contributed by atoms with Gasteiger partial charge in [-0.15, -0.1) is 11.3 Å². The summed E-state index contributed by atoms with van der Waals surface area (Å²) in [5.74, 6) is 0.460. The summed E-state index contributed by atoms with van der Waals surface area (Å²) in [5.41, 5.74) is 1.26. The third-order valence-electron chi connectivity index (χ3n) is 5.34. The third-order valence-corrected chi connectivity index (χ3v) is 7.70. The van der Waals surface area contributed by atoms with E-state index >= 15 is 0 Å². The lowest BCUT2D eigenvalue weighted by Crippen LogP contribution is -2.43. The lowest BCUT2D eigenvalue weighted by molar-refractivity contribution is 0.126. The van der Waals surface area contributed by atoms with Gasteiger partial charge in [0.1, 0.15) is 0 Å². The molecule has 1 aromatic carbocycles. The predicted molar refractivity (Wildman–Crippen MR) is 103 cm³/mol. The van der Waals surface area contributed by atoms with Gasteiger partial charge in [-0.1, -0.05) is 30.3 Å². The van der Waals surface area contributed by atoms with E-state index in [9.17, 15) is 8.42 Å². The van der Waals surface area contributed by atoms with E-state index in [1.54, 1.807) is 4.31 Å². The number of fused-ring (bicyclic) bond motifs is 4. The molecular formula is C19H24N2O2S2. The molecule has 6 heteroatoms. The van der Waals surface area contributed by atoms with Crippen molar-refractivity contribution in [3.05, 3.63) is 47.3 Å². The summed E-state index contributed by atoms with van der Waals surface area (Å²) in [4.78, 5) is 5.16. The Morgan fingerprint density at radius 1 is 1.04 bits per heavy atom. The molecule has 0 amide bonds. The molecule has 3 saturated heterocycles. The number of thiophene rings is 1. The number of benzene rings is 1. The molecule has 0 radical (unpaired) electrons. The minimum atomic E-state index is -3.09. The first kappa shape index (κ1) is 17.2. The molecule has 2 atom stereocenters. The Labute approximate surface area is 154 Å². The highest BCUT2D eigenvalue weighted by atomic mass is 32.2. The van der Waals surface area contributed by atoms with Gasteiger partial charge in [0.15, 0.2) is 0 Å². The van der Waals surface area contributed by atoms with Crippen molar-refractivity contribution < 1.29 is 8.42 Å². The molecule has 4 heterocycles. The van der Waals surface area contributed by atoms with Crippen LogP contribution in [0.5, 0.6) is 0 Å². The first-order valence-corrected chi connectivity index (χ1v) is 11.5. The molecule has 2 bridgehead atoms. The van der Waals surface area contributed by atoms with Crippen LogP contribution in [0.1, 0.15) is 17.7 Å². The molecule has 0 N–H and O–H groups in total. The molecule has 3 aliphatic heterocycles. The van der Waals surface area contributed by atoms with Gasteiger partial charge in [0, 0.05) is 42.0 Å². The van der Waals surface area contributed by atoms with Crippen molar-refractivity contribution in [1.82, 2.24) is 9.21 Å². The van der Waals surface area contributed by atoms with Gasteiger partial charge in [0.05, 0.1) is 6.26 Å². The quantitative estimate of drug-likeness (QED) is 0.822. The van der Waals surface area contributed by atoms with Crippen LogP contribution in [0.25, 0.3) is 10.4 Å². The molecule has 0 saturated carbocycles. The molecule has 134 valence electrons. The van der Waals surface area contributed by atoms with Crippen molar-refractivity contribution in [2.75, 3.05) is 25.9 Å². The summed E-state index contributed by atoms with van der Waals surface area (Å²) in [5, 5.41) is 0. The van der Waals surface area contributed by atoms with Gasteiger partial charge >= 0.3 is 0 Å². The number of rotatable bonds is 4. The summed E-state index contributed by atoms with van der Waals surface area (Å²) < 4.78 is 25.7. The van der Waals surface area contributed by atoms with Crippen LogP contribution in [-0.2, 0) is 16.6 Å². The number of hydrogen-bond donors (Lipinski definition) is 0. The van der Waals surface area contributed by atoms with Gasteiger partial charge in [-0.25, -0.2) is 12.7 Å². The predicted octanol–water partition coefficient (Wildman–Crippen LogP) is 3.27. The van der Waals surface area contributed by atoms with Crippen LogP contribution in [0.15, 0.2) is 42.5 Å². The highest BCUT2D eigenvalue weighted by molar-refractivity contribution is 7.88. The number of piperidine rings is 1. The first-order chi connectivity index (χ1) is 12.0. The maximum atomic E-state index is 12.0. The van der Waals surface area contributed by atoms with Gasteiger partial charge in [0.2, 0.25) is 10.0 Å². The van der Waals surface area contributed by atoms with Crippen molar-refractivity contribution in [3.63, 3.8) is 0 Å². The molecule has 0 unspecified atom stereocenters. The van der Waals surface area contributed by atoms with Gasteiger partial charge < -0.3 is 0 Å². The standard InChI is InChI=1S/C19H24N2O2S2/c1-25(22,23)21-12-15-7-8-17(13-21)20(11-15)14-18-9-10-19(24-18)16-5-3-2-4-6-16/h2-6,9-10,15,17H,7-8,11-14H2,1H3/t15-,17-/m1/s1. The Morgan fingerprint density at radius 2 is 1.84 bits per heavy atom. The minimum Gasteiger partial charge on any atom is -0.294 e. The molecule has 25 heavy (non-hydrogen) atoms. The third kappa shape index (κ3) is 3.82. The van der Waals surface area contributed by atoms with Gasteiger partial charge in [-0.2, -0.15) is 0 Å². The number of hydrogen-bond acceptors (Lipinski definition) is 4. The fraction of sp³-hybridized carbons (Fsp3) is 0.474. The zero-order valence-corrected chi connectivity index (χ0v) is 16.1. The van der Waals surface area contributed by atoms with Crippen molar-refractivity contribution in [1.29, 1.82) is 0 Å². The van der Waals surface area contributed by atoms with E-state index in [0.29, 0.717) is 25.0 Å². The van der Waals surface area contributed by atoms with E-state index in [2.05, 4.69) is 41.3 Å². The second-order valence-electron chi connectivity index (χ2n) is 7.24. The summed E-state index contributed by atoms with van der Waals surface area (Å²) >= 11 is 1.85. The van der Waals surface area contributed by atoms with Gasteiger partial charge in [0.25, 0.3) is 0 Å². The Balaban J connectivity index is 1.49. The molecule has 0 spiro atoms. The lowest BCUT2D eigenvalue weighted by Gasteiger charge is -2.35. The van der Waals surface area contributed by atoms with Gasteiger partial charge in [-0.05, 0) is 36.5 Å². The molecule has 2 aromatic rings. The summed E-state index contributed by atoms with van der Waals surface area (Å²) in [6, 6.07) is 15.2.